The van der Waals surface area contributed by atoms with Crippen LogP contribution in [0.4, 0.5) is 13.2 Å². The molecule has 0 aliphatic carbocycles. The van der Waals surface area contributed by atoms with Crippen LogP contribution in [-0.2, 0) is 17.4 Å². The second-order valence-corrected chi connectivity index (χ2v) is 9.53. The Bertz CT molecular complexity index is 1560. The third-order valence-electron chi connectivity index (χ3n) is 6.25. The fraction of sp³-hybridized carbons (Fsp3) is 0.185. The fourth-order valence-electron chi connectivity index (χ4n) is 4.53. The molecule has 5 rings (SSSR count). The molecule has 1 atom stereocenters. The Labute approximate surface area is 208 Å². The lowest BCUT2D eigenvalue weighted by Gasteiger charge is -2.18. The summed E-state index contributed by atoms with van der Waals surface area (Å²) in [6.45, 7) is 0. The maximum Gasteiger partial charge on any atom is 0.416 e. The van der Waals surface area contributed by atoms with E-state index in [9.17, 15) is 27.9 Å². The molecule has 0 saturated carbocycles. The molecule has 9 heteroatoms. The van der Waals surface area contributed by atoms with Gasteiger partial charge in [0.1, 0.15) is 11.8 Å². The molecule has 3 aromatic carbocycles. The standard InChI is InChI=1S/C27H20F3NO4S/c1-35-21-8-7-16-9-15(5-6-17(16)12-21)10-19-13-23(32)31-22(26(33)34)14-36-25(31)24(19)18-3-2-4-20(11-18)27(28,29)30/h2-9,11-13,22H,10,14H2,1H3,(H,33,34)/t22-/m0/s1. The molecular formula is C27H20F3NO4S. The van der Waals surface area contributed by atoms with E-state index in [0.717, 1.165) is 34.2 Å². The molecule has 36 heavy (non-hydrogen) atoms. The van der Waals surface area contributed by atoms with Crippen molar-refractivity contribution in [2.45, 2.75) is 23.7 Å². The lowest BCUT2D eigenvalue weighted by Crippen LogP contribution is -2.29. The molecule has 5 nitrogen and oxygen atoms in total. The lowest BCUT2D eigenvalue weighted by atomic mass is 9.94. The first kappa shape index (κ1) is 24.0. The minimum absolute atomic E-state index is 0.123. The summed E-state index contributed by atoms with van der Waals surface area (Å²) in [4.78, 5) is 24.8. The third-order valence-corrected chi connectivity index (χ3v) is 7.41. The largest absolute Gasteiger partial charge is 0.497 e. The van der Waals surface area contributed by atoms with Crippen molar-refractivity contribution in [3.63, 3.8) is 0 Å². The smallest absolute Gasteiger partial charge is 0.416 e. The normalized spacial score (nSPS) is 15.2. The molecule has 1 aliphatic heterocycles. The van der Waals surface area contributed by atoms with Gasteiger partial charge in [-0.25, -0.2) is 4.79 Å². The molecule has 1 aromatic heterocycles. The van der Waals surface area contributed by atoms with Gasteiger partial charge in [-0.05, 0) is 58.1 Å². The van der Waals surface area contributed by atoms with Crippen molar-refractivity contribution < 1.29 is 27.8 Å². The number of aromatic nitrogens is 1. The van der Waals surface area contributed by atoms with Gasteiger partial charge in [-0.2, -0.15) is 13.2 Å². The van der Waals surface area contributed by atoms with Crippen molar-refractivity contribution in [2.24, 2.45) is 0 Å². The quantitative estimate of drug-likeness (QED) is 0.355. The van der Waals surface area contributed by atoms with Gasteiger partial charge in [-0.1, -0.05) is 36.4 Å². The van der Waals surface area contributed by atoms with E-state index in [0.29, 0.717) is 16.2 Å². The number of carboxylic acid groups (broad SMARTS) is 1. The van der Waals surface area contributed by atoms with Gasteiger partial charge in [0.05, 0.1) is 17.7 Å². The van der Waals surface area contributed by atoms with E-state index >= 15 is 0 Å². The fourth-order valence-corrected chi connectivity index (χ4v) is 5.89. The molecule has 1 aliphatic rings. The zero-order chi connectivity index (χ0) is 25.6. The van der Waals surface area contributed by atoms with Crippen LogP contribution in [0.2, 0.25) is 0 Å². The summed E-state index contributed by atoms with van der Waals surface area (Å²) >= 11 is 1.17. The summed E-state index contributed by atoms with van der Waals surface area (Å²) in [7, 11) is 1.59. The monoisotopic (exact) mass is 511 g/mol. The highest BCUT2D eigenvalue weighted by Gasteiger charge is 2.34. The average molecular weight is 512 g/mol. The molecule has 2 heterocycles. The number of methoxy groups -OCH3 is 1. The number of thioether (sulfide) groups is 1. The van der Waals surface area contributed by atoms with Crippen LogP contribution in [0.15, 0.2) is 76.6 Å². The van der Waals surface area contributed by atoms with Crippen LogP contribution in [-0.4, -0.2) is 28.5 Å². The third kappa shape index (κ3) is 4.35. The Morgan fingerprint density at radius 3 is 2.56 bits per heavy atom. The Morgan fingerprint density at radius 2 is 1.83 bits per heavy atom. The topological polar surface area (TPSA) is 68.5 Å². The molecule has 184 valence electrons. The van der Waals surface area contributed by atoms with Gasteiger partial charge in [-0.3, -0.25) is 9.36 Å². The second-order valence-electron chi connectivity index (χ2n) is 8.53. The number of fused-ring (bicyclic) bond motifs is 2. The van der Waals surface area contributed by atoms with Gasteiger partial charge in [0, 0.05) is 17.4 Å². The maximum absolute atomic E-state index is 13.5. The summed E-state index contributed by atoms with van der Waals surface area (Å²) in [6.07, 6.45) is -4.25. The van der Waals surface area contributed by atoms with Crippen molar-refractivity contribution >= 4 is 28.5 Å². The number of rotatable bonds is 5. The average Bonchev–Trinajstić information content (AvgIpc) is 3.29. The van der Waals surface area contributed by atoms with E-state index < -0.39 is 29.3 Å². The number of nitrogens with zero attached hydrogens (tertiary/aromatic N) is 1. The Kier molecular flexibility index (Phi) is 6.04. The van der Waals surface area contributed by atoms with Crippen molar-refractivity contribution in [1.29, 1.82) is 0 Å². The minimum atomic E-state index is -4.54. The van der Waals surface area contributed by atoms with Gasteiger partial charge < -0.3 is 9.84 Å². The van der Waals surface area contributed by atoms with E-state index in [1.54, 1.807) is 13.2 Å². The summed E-state index contributed by atoms with van der Waals surface area (Å²) in [5, 5.41) is 11.9. The SMILES string of the molecule is COc1ccc2cc(Cc3cc(=O)n4c(c3-c3cccc(C(F)(F)F)c3)SC[C@H]4C(=O)O)ccc2c1. The number of ether oxygens (including phenoxy) is 1. The zero-order valence-electron chi connectivity index (χ0n) is 19.0. The number of halogens is 3. The van der Waals surface area contributed by atoms with Crippen LogP contribution in [0.25, 0.3) is 21.9 Å². The zero-order valence-corrected chi connectivity index (χ0v) is 19.8. The predicted octanol–water partition coefficient (Wildman–Crippen LogP) is 6.02. The van der Waals surface area contributed by atoms with E-state index in [2.05, 4.69) is 0 Å². The molecule has 0 bridgehead atoms. The van der Waals surface area contributed by atoms with E-state index in [-0.39, 0.29) is 17.7 Å². The van der Waals surface area contributed by atoms with Gasteiger partial charge in [0.15, 0.2) is 0 Å². The molecule has 0 spiro atoms. The van der Waals surface area contributed by atoms with Crippen LogP contribution in [0.5, 0.6) is 5.75 Å². The van der Waals surface area contributed by atoms with Gasteiger partial charge in [0.2, 0.25) is 0 Å². The predicted molar refractivity (Wildman–Crippen MR) is 132 cm³/mol. The molecule has 0 unspecified atom stereocenters. The molecule has 0 saturated heterocycles. The number of benzene rings is 3. The van der Waals surface area contributed by atoms with Crippen molar-refractivity contribution in [2.75, 3.05) is 12.9 Å². The van der Waals surface area contributed by atoms with E-state index in [1.165, 1.54) is 28.5 Å². The number of aliphatic carboxylic acids is 1. The van der Waals surface area contributed by atoms with Crippen LogP contribution >= 0.6 is 11.8 Å². The molecule has 0 fully saturated rings. The van der Waals surface area contributed by atoms with Crippen LogP contribution in [0, 0.1) is 0 Å². The first-order valence-electron chi connectivity index (χ1n) is 11.0. The van der Waals surface area contributed by atoms with Crippen LogP contribution in [0.3, 0.4) is 0 Å². The number of hydrogen-bond donors (Lipinski definition) is 1. The molecule has 0 radical (unpaired) electrons. The molecule has 4 aromatic rings. The number of pyridine rings is 1. The van der Waals surface area contributed by atoms with Gasteiger partial charge in [0.25, 0.3) is 5.56 Å². The molecule has 0 amide bonds. The number of hydrogen-bond acceptors (Lipinski definition) is 4. The summed E-state index contributed by atoms with van der Waals surface area (Å²) in [5.41, 5.74) is 0.837. The first-order chi connectivity index (χ1) is 17.2. The van der Waals surface area contributed by atoms with Crippen LogP contribution < -0.4 is 10.3 Å². The van der Waals surface area contributed by atoms with Crippen molar-refractivity contribution in [3.8, 4) is 16.9 Å². The van der Waals surface area contributed by atoms with Gasteiger partial charge in [-0.15, -0.1) is 11.8 Å². The summed E-state index contributed by atoms with van der Waals surface area (Å²) < 4.78 is 46.9. The van der Waals surface area contributed by atoms with Crippen molar-refractivity contribution in [1.82, 2.24) is 4.57 Å². The van der Waals surface area contributed by atoms with Crippen LogP contribution in [0.1, 0.15) is 22.7 Å². The van der Waals surface area contributed by atoms with E-state index in [1.807, 2.05) is 36.4 Å². The highest BCUT2D eigenvalue weighted by Crippen LogP contribution is 2.42. The summed E-state index contributed by atoms with van der Waals surface area (Å²) in [6, 6.07) is 16.6. The molecular weight excluding hydrogens is 491 g/mol. The van der Waals surface area contributed by atoms with Crippen molar-refractivity contribution in [3.05, 3.63) is 93.8 Å². The lowest BCUT2D eigenvalue weighted by molar-refractivity contribution is -0.140. The Morgan fingerprint density at radius 1 is 1.08 bits per heavy atom. The highest BCUT2D eigenvalue weighted by atomic mass is 32.2. The highest BCUT2D eigenvalue weighted by molar-refractivity contribution is 7.99. The number of carbonyl (C=O) groups is 1. The first-order valence-corrected chi connectivity index (χ1v) is 12.0. The van der Waals surface area contributed by atoms with E-state index in [4.69, 9.17) is 4.74 Å². The Balaban J connectivity index is 1.68. The second kappa shape index (κ2) is 9.05. The minimum Gasteiger partial charge on any atom is -0.497 e. The summed E-state index contributed by atoms with van der Waals surface area (Å²) in [5.74, 6) is -0.313. The Hall–Kier alpha value is -3.72. The number of alkyl halides is 3. The van der Waals surface area contributed by atoms with Gasteiger partial charge >= 0.3 is 12.1 Å². The maximum atomic E-state index is 13.5. The number of carboxylic acids is 1. The molecule has 1 N–H and O–H groups in total.